The van der Waals surface area contributed by atoms with Crippen molar-refractivity contribution < 1.29 is 9.90 Å². The number of carbonyl (C=O) groups excluding carboxylic acids is 1. The summed E-state index contributed by atoms with van der Waals surface area (Å²) in [4.78, 5) is 13.2. The van der Waals surface area contributed by atoms with Crippen molar-refractivity contribution in [3.8, 4) is 0 Å². The first kappa shape index (κ1) is 9.52. The van der Waals surface area contributed by atoms with Crippen molar-refractivity contribution in [2.45, 2.75) is 32.8 Å². The third-order valence-corrected chi connectivity index (χ3v) is 2.23. The molecule has 1 amide bonds. The Bertz CT molecular complexity index is 183. The summed E-state index contributed by atoms with van der Waals surface area (Å²) in [5.74, 6) is 0.433. The van der Waals surface area contributed by atoms with Gasteiger partial charge in [0, 0.05) is 13.1 Å². The monoisotopic (exact) mass is 171 g/mol. The average molecular weight is 171 g/mol. The van der Waals surface area contributed by atoms with E-state index >= 15 is 0 Å². The van der Waals surface area contributed by atoms with E-state index in [1.165, 1.54) is 0 Å². The van der Waals surface area contributed by atoms with Crippen molar-refractivity contribution >= 4 is 5.91 Å². The molecule has 1 aliphatic rings. The largest absolute Gasteiger partial charge is 0.381 e. The second kappa shape index (κ2) is 3.05. The quantitative estimate of drug-likeness (QED) is 0.628. The molecule has 0 unspecified atom stereocenters. The Morgan fingerprint density at radius 3 is 2.50 bits per heavy atom. The first-order valence-electron chi connectivity index (χ1n) is 4.43. The fourth-order valence-electron chi connectivity index (χ4n) is 1.51. The lowest BCUT2D eigenvalue weighted by atomic mass is 10.1. The molecule has 0 spiro atoms. The van der Waals surface area contributed by atoms with Crippen LogP contribution in [0.3, 0.4) is 0 Å². The van der Waals surface area contributed by atoms with Gasteiger partial charge in [-0.15, -0.1) is 0 Å². The molecule has 0 aromatic rings. The predicted octanol–water partition coefficient (Wildman–Crippen LogP) is 0.626. The molecule has 0 bridgehead atoms. The first-order valence-corrected chi connectivity index (χ1v) is 4.43. The van der Waals surface area contributed by atoms with Crippen LogP contribution in [0.4, 0.5) is 0 Å². The minimum atomic E-state index is -1.20. The van der Waals surface area contributed by atoms with Gasteiger partial charge in [0.15, 0.2) is 0 Å². The van der Waals surface area contributed by atoms with Gasteiger partial charge < -0.3 is 10.0 Å². The summed E-state index contributed by atoms with van der Waals surface area (Å²) in [5, 5.41) is 9.44. The van der Waals surface area contributed by atoms with Gasteiger partial charge in [-0.3, -0.25) is 4.79 Å². The molecular weight excluding hydrogens is 154 g/mol. The number of carbonyl (C=O) groups is 1. The van der Waals surface area contributed by atoms with E-state index in [0.29, 0.717) is 5.92 Å². The zero-order valence-corrected chi connectivity index (χ0v) is 8.00. The SMILES string of the molecule is C[C@@H]1CCN(C(=O)C(C)(C)O)C1. The Labute approximate surface area is 73.4 Å². The van der Waals surface area contributed by atoms with Crippen LogP contribution in [0, 0.1) is 5.92 Å². The Morgan fingerprint density at radius 2 is 2.17 bits per heavy atom. The molecule has 0 aromatic heterocycles. The molecule has 1 N–H and O–H groups in total. The number of amides is 1. The maximum Gasteiger partial charge on any atom is 0.253 e. The topological polar surface area (TPSA) is 40.5 Å². The first-order chi connectivity index (χ1) is 5.41. The zero-order chi connectivity index (χ0) is 9.35. The molecule has 0 aliphatic carbocycles. The molecule has 1 saturated heterocycles. The average Bonchev–Trinajstić information content (AvgIpc) is 2.32. The summed E-state index contributed by atoms with van der Waals surface area (Å²) < 4.78 is 0. The van der Waals surface area contributed by atoms with E-state index < -0.39 is 5.60 Å². The molecular formula is C9H17NO2. The van der Waals surface area contributed by atoms with Crippen molar-refractivity contribution in [2.75, 3.05) is 13.1 Å². The third kappa shape index (κ3) is 1.97. The van der Waals surface area contributed by atoms with E-state index in [9.17, 15) is 9.90 Å². The normalized spacial score (nSPS) is 24.7. The Hall–Kier alpha value is -0.570. The van der Waals surface area contributed by atoms with Crippen molar-refractivity contribution in [1.29, 1.82) is 0 Å². The molecule has 0 saturated carbocycles. The maximum atomic E-state index is 11.5. The minimum Gasteiger partial charge on any atom is -0.381 e. The van der Waals surface area contributed by atoms with E-state index in [1.54, 1.807) is 18.7 Å². The van der Waals surface area contributed by atoms with Gasteiger partial charge in [0.1, 0.15) is 5.60 Å². The second-order valence-corrected chi connectivity index (χ2v) is 4.20. The molecule has 0 radical (unpaired) electrons. The Morgan fingerprint density at radius 1 is 1.58 bits per heavy atom. The molecule has 1 fully saturated rings. The Kier molecular flexibility index (Phi) is 2.42. The number of aliphatic hydroxyl groups is 1. The van der Waals surface area contributed by atoms with Gasteiger partial charge in [0.2, 0.25) is 0 Å². The summed E-state index contributed by atoms with van der Waals surface area (Å²) in [6.07, 6.45) is 1.06. The van der Waals surface area contributed by atoms with Crippen LogP contribution in [0.1, 0.15) is 27.2 Å². The lowest BCUT2D eigenvalue weighted by Crippen LogP contribution is -2.43. The molecule has 1 atom stereocenters. The summed E-state index contributed by atoms with van der Waals surface area (Å²) in [6.45, 7) is 6.79. The van der Waals surface area contributed by atoms with E-state index in [-0.39, 0.29) is 5.91 Å². The van der Waals surface area contributed by atoms with Crippen LogP contribution >= 0.6 is 0 Å². The molecule has 1 aliphatic heterocycles. The molecule has 1 rings (SSSR count). The van der Waals surface area contributed by atoms with Gasteiger partial charge in [-0.1, -0.05) is 6.92 Å². The molecule has 0 aromatic carbocycles. The summed E-state index contributed by atoms with van der Waals surface area (Å²) in [6, 6.07) is 0. The lowest BCUT2D eigenvalue weighted by molar-refractivity contribution is -0.146. The van der Waals surface area contributed by atoms with Crippen LogP contribution in [0.2, 0.25) is 0 Å². The minimum absolute atomic E-state index is 0.146. The van der Waals surface area contributed by atoms with E-state index in [4.69, 9.17) is 0 Å². The van der Waals surface area contributed by atoms with Crippen molar-refractivity contribution in [2.24, 2.45) is 5.92 Å². The van der Waals surface area contributed by atoms with E-state index in [2.05, 4.69) is 6.92 Å². The number of likely N-dealkylation sites (tertiary alicyclic amines) is 1. The van der Waals surface area contributed by atoms with Gasteiger partial charge in [-0.25, -0.2) is 0 Å². The van der Waals surface area contributed by atoms with Crippen LogP contribution in [-0.2, 0) is 4.79 Å². The van der Waals surface area contributed by atoms with Crippen LogP contribution in [-0.4, -0.2) is 34.6 Å². The predicted molar refractivity (Wildman–Crippen MR) is 46.7 cm³/mol. The van der Waals surface area contributed by atoms with Crippen molar-refractivity contribution in [3.63, 3.8) is 0 Å². The van der Waals surface area contributed by atoms with Gasteiger partial charge in [-0.05, 0) is 26.2 Å². The fraction of sp³-hybridized carbons (Fsp3) is 0.889. The van der Waals surface area contributed by atoms with Gasteiger partial charge >= 0.3 is 0 Å². The number of rotatable bonds is 1. The molecule has 70 valence electrons. The third-order valence-electron chi connectivity index (χ3n) is 2.23. The smallest absolute Gasteiger partial charge is 0.253 e. The summed E-state index contributed by atoms with van der Waals surface area (Å²) >= 11 is 0. The highest BCUT2D eigenvalue weighted by Crippen LogP contribution is 2.18. The molecule has 3 nitrogen and oxygen atoms in total. The lowest BCUT2D eigenvalue weighted by Gasteiger charge is -2.24. The van der Waals surface area contributed by atoms with E-state index in [1.807, 2.05) is 0 Å². The standard InChI is InChI=1S/C9H17NO2/c1-7-4-5-10(6-7)8(11)9(2,3)12/h7,12H,4-6H2,1-3H3/t7-/m1/s1. The maximum absolute atomic E-state index is 11.5. The van der Waals surface area contributed by atoms with Crippen molar-refractivity contribution in [3.05, 3.63) is 0 Å². The second-order valence-electron chi connectivity index (χ2n) is 4.20. The van der Waals surface area contributed by atoms with Crippen LogP contribution in [0.5, 0.6) is 0 Å². The number of hydrogen-bond donors (Lipinski definition) is 1. The highest BCUT2D eigenvalue weighted by atomic mass is 16.3. The summed E-state index contributed by atoms with van der Waals surface area (Å²) in [7, 11) is 0. The highest BCUT2D eigenvalue weighted by Gasteiger charge is 2.32. The van der Waals surface area contributed by atoms with E-state index in [0.717, 1.165) is 19.5 Å². The highest BCUT2D eigenvalue weighted by molar-refractivity contribution is 5.84. The Balaban J connectivity index is 2.55. The molecule has 1 heterocycles. The van der Waals surface area contributed by atoms with Crippen LogP contribution < -0.4 is 0 Å². The van der Waals surface area contributed by atoms with Crippen LogP contribution in [0.25, 0.3) is 0 Å². The van der Waals surface area contributed by atoms with Gasteiger partial charge in [-0.2, -0.15) is 0 Å². The number of nitrogens with zero attached hydrogens (tertiary/aromatic N) is 1. The van der Waals surface area contributed by atoms with Crippen molar-refractivity contribution in [1.82, 2.24) is 4.90 Å². The van der Waals surface area contributed by atoms with Gasteiger partial charge in [0.25, 0.3) is 5.91 Å². The zero-order valence-electron chi connectivity index (χ0n) is 8.00. The summed E-state index contributed by atoms with van der Waals surface area (Å²) in [5.41, 5.74) is -1.20. The molecule has 3 heteroatoms. The number of hydrogen-bond acceptors (Lipinski definition) is 2. The molecule has 12 heavy (non-hydrogen) atoms. The van der Waals surface area contributed by atoms with Gasteiger partial charge in [0.05, 0.1) is 0 Å². The van der Waals surface area contributed by atoms with Crippen LogP contribution in [0.15, 0.2) is 0 Å². The fourth-order valence-corrected chi connectivity index (χ4v) is 1.51.